The zero-order valence-electron chi connectivity index (χ0n) is 8.75. The molecule has 0 spiro atoms. The predicted octanol–water partition coefficient (Wildman–Crippen LogP) is 1.32. The van der Waals surface area contributed by atoms with Gasteiger partial charge in [0.1, 0.15) is 0 Å². The minimum Gasteiger partial charge on any atom is -0.480 e. The van der Waals surface area contributed by atoms with Crippen LogP contribution in [0.1, 0.15) is 13.3 Å². The van der Waals surface area contributed by atoms with Gasteiger partial charge < -0.3 is 5.11 Å². The number of hydrogen-bond acceptors (Lipinski definition) is 3. The highest BCUT2D eigenvalue weighted by Gasteiger charge is 2.67. The van der Waals surface area contributed by atoms with Crippen molar-refractivity contribution in [2.24, 2.45) is 5.92 Å². The fourth-order valence-electron chi connectivity index (χ4n) is 1.99. The van der Waals surface area contributed by atoms with Crippen LogP contribution < -0.4 is 0 Å². The summed E-state index contributed by atoms with van der Waals surface area (Å²) in [6.07, 6.45) is 0.194. The first-order valence-electron chi connectivity index (χ1n) is 4.96. The summed E-state index contributed by atoms with van der Waals surface area (Å²) < 4.78 is 22.8. The van der Waals surface area contributed by atoms with Crippen LogP contribution in [0, 0.1) is 5.92 Å². The van der Waals surface area contributed by atoms with Gasteiger partial charge in [0.25, 0.3) is 0 Å². The topological polar surface area (TPSA) is 71.4 Å². The van der Waals surface area contributed by atoms with E-state index in [0.29, 0.717) is 0 Å². The van der Waals surface area contributed by atoms with Gasteiger partial charge in [-0.3, -0.25) is 4.79 Å². The highest BCUT2D eigenvalue weighted by molar-refractivity contribution is 7.94. The Morgan fingerprint density at radius 3 is 2.25 bits per heavy atom. The molecule has 2 atom stereocenters. The average molecular weight is 240 g/mol. The smallest absolute Gasteiger partial charge is 0.325 e. The van der Waals surface area contributed by atoms with Gasteiger partial charge in [-0.25, -0.2) is 8.42 Å². The molecular weight excluding hydrogens is 228 g/mol. The molecule has 1 aliphatic rings. The molecule has 86 valence electrons. The number of carboxylic acids is 1. The molecule has 2 unspecified atom stereocenters. The Hall–Kier alpha value is -1.36. The largest absolute Gasteiger partial charge is 0.480 e. The van der Waals surface area contributed by atoms with E-state index in [1.54, 1.807) is 25.1 Å². The Morgan fingerprint density at radius 1 is 1.38 bits per heavy atom. The van der Waals surface area contributed by atoms with Crippen LogP contribution in [0.3, 0.4) is 0 Å². The molecule has 1 saturated carbocycles. The quantitative estimate of drug-likeness (QED) is 0.865. The number of hydrogen-bond donors (Lipinski definition) is 1. The zero-order valence-corrected chi connectivity index (χ0v) is 9.57. The molecule has 0 bridgehead atoms. The van der Waals surface area contributed by atoms with Crippen LogP contribution in [0.25, 0.3) is 0 Å². The third-order valence-corrected chi connectivity index (χ3v) is 5.74. The van der Waals surface area contributed by atoms with Crippen molar-refractivity contribution in [3.63, 3.8) is 0 Å². The normalized spacial score (nSPS) is 28.7. The Balaban J connectivity index is 2.53. The number of carbonyl (C=O) groups is 1. The van der Waals surface area contributed by atoms with Crippen LogP contribution in [0.15, 0.2) is 35.2 Å². The van der Waals surface area contributed by atoms with Crippen molar-refractivity contribution in [1.82, 2.24) is 0 Å². The molecule has 4 nitrogen and oxygen atoms in total. The molecule has 1 aromatic rings. The van der Waals surface area contributed by atoms with Gasteiger partial charge in [0.2, 0.25) is 0 Å². The van der Waals surface area contributed by atoms with E-state index < -0.39 is 20.6 Å². The standard InChI is InChI=1S/C11H12O4S/c1-8-7-11(8,10(12)13)16(14,15)9-5-3-2-4-6-9/h2-6,8H,7H2,1H3,(H,12,13). The van der Waals surface area contributed by atoms with E-state index in [4.69, 9.17) is 5.11 Å². The summed E-state index contributed by atoms with van der Waals surface area (Å²) in [6.45, 7) is 1.65. The summed E-state index contributed by atoms with van der Waals surface area (Å²) >= 11 is 0. The number of benzene rings is 1. The van der Waals surface area contributed by atoms with E-state index in [2.05, 4.69) is 0 Å². The van der Waals surface area contributed by atoms with Crippen LogP contribution in [0.5, 0.6) is 0 Å². The van der Waals surface area contributed by atoms with Crippen LogP contribution in [-0.4, -0.2) is 24.2 Å². The highest BCUT2D eigenvalue weighted by atomic mass is 32.2. The van der Waals surface area contributed by atoms with E-state index in [9.17, 15) is 13.2 Å². The van der Waals surface area contributed by atoms with E-state index in [0.717, 1.165) is 0 Å². The first kappa shape index (κ1) is 11.1. The number of aliphatic carboxylic acids is 1. The van der Waals surface area contributed by atoms with Gasteiger partial charge in [0.05, 0.1) is 4.90 Å². The Kier molecular flexibility index (Phi) is 2.31. The average Bonchev–Trinajstić information content (AvgIpc) is 2.93. The monoisotopic (exact) mass is 240 g/mol. The fraction of sp³-hybridized carbons (Fsp3) is 0.364. The highest BCUT2D eigenvalue weighted by Crippen LogP contribution is 2.52. The van der Waals surface area contributed by atoms with E-state index >= 15 is 0 Å². The molecule has 5 heteroatoms. The Bertz CT molecular complexity index is 520. The summed E-state index contributed by atoms with van der Waals surface area (Å²) in [5.41, 5.74) is 0. The van der Waals surface area contributed by atoms with Crippen LogP contribution in [0.2, 0.25) is 0 Å². The molecule has 1 fully saturated rings. The first-order valence-corrected chi connectivity index (χ1v) is 6.44. The molecule has 0 amide bonds. The number of sulfone groups is 1. The summed E-state index contributed by atoms with van der Waals surface area (Å²) in [4.78, 5) is 11.2. The van der Waals surface area contributed by atoms with Gasteiger partial charge in [-0.2, -0.15) is 0 Å². The predicted molar refractivity (Wildman–Crippen MR) is 57.8 cm³/mol. The maximum absolute atomic E-state index is 12.2. The van der Waals surface area contributed by atoms with Crippen molar-refractivity contribution in [1.29, 1.82) is 0 Å². The van der Waals surface area contributed by atoms with Crippen LogP contribution in [-0.2, 0) is 14.6 Å². The van der Waals surface area contributed by atoms with Crippen molar-refractivity contribution in [3.05, 3.63) is 30.3 Å². The molecule has 1 aromatic carbocycles. The Morgan fingerprint density at radius 2 is 1.88 bits per heavy atom. The van der Waals surface area contributed by atoms with Gasteiger partial charge in [-0.05, 0) is 24.5 Å². The lowest BCUT2D eigenvalue weighted by Crippen LogP contribution is -2.34. The maximum atomic E-state index is 12.2. The maximum Gasteiger partial charge on any atom is 0.325 e. The van der Waals surface area contributed by atoms with Crippen molar-refractivity contribution >= 4 is 15.8 Å². The van der Waals surface area contributed by atoms with Crippen LogP contribution >= 0.6 is 0 Å². The summed E-state index contributed by atoms with van der Waals surface area (Å²) in [7, 11) is -3.78. The van der Waals surface area contributed by atoms with Crippen molar-refractivity contribution in [3.8, 4) is 0 Å². The second-order valence-corrected chi connectivity index (χ2v) is 6.32. The second kappa shape index (κ2) is 3.31. The number of carboxylic acid groups (broad SMARTS) is 1. The third-order valence-electron chi connectivity index (χ3n) is 3.14. The molecule has 0 radical (unpaired) electrons. The summed E-state index contributed by atoms with van der Waals surface area (Å²) in [6, 6.07) is 7.75. The van der Waals surface area contributed by atoms with E-state index in [1.165, 1.54) is 12.1 Å². The van der Waals surface area contributed by atoms with Crippen molar-refractivity contribution < 1.29 is 18.3 Å². The SMILES string of the molecule is CC1CC1(C(=O)O)S(=O)(=O)c1ccccc1. The lowest BCUT2D eigenvalue weighted by atomic mass is 10.3. The number of rotatable bonds is 3. The zero-order chi connectivity index (χ0) is 12.0. The van der Waals surface area contributed by atoms with Gasteiger partial charge >= 0.3 is 5.97 Å². The third kappa shape index (κ3) is 1.28. The molecule has 1 aliphatic carbocycles. The van der Waals surface area contributed by atoms with Crippen molar-refractivity contribution in [2.45, 2.75) is 23.0 Å². The first-order chi connectivity index (χ1) is 7.43. The molecule has 0 aliphatic heterocycles. The van der Waals surface area contributed by atoms with E-state index in [1.807, 2.05) is 0 Å². The fourth-order valence-corrected chi connectivity index (χ4v) is 4.16. The molecular formula is C11H12O4S. The minimum atomic E-state index is -3.78. The minimum absolute atomic E-state index is 0.0850. The summed E-state index contributed by atoms with van der Waals surface area (Å²) in [5, 5.41) is 9.09. The lowest BCUT2D eigenvalue weighted by molar-refractivity contribution is -0.137. The lowest BCUT2D eigenvalue weighted by Gasteiger charge is -2.12. The van der Waals surface area contributed by atoms with Gasteiger partial charge in [-0.15, -0.1) is 0 Å². The Labute approximate surface area is 93.8 Å². The van der Waals surface area contributed by atoms with Gasteiger partial charge in [0, 0.05) is 0 Å². The van der Waals surface area contributed by atoms with Crippen LogP contribution in [0.4, 0.5) is 0 Å². The molecule has 0 heterocycles. The van der Waals surface area contributed by atoms with Gasteiger partial charge in [-0.1, -0.05) is 25.1 Å². The van der Waals surface area contributed by atoms with E-state index in [-0.39, 0.29) is 17.2 Å². The molecule has 16 heavy (non-hydrogen) atoms. The van der Waals surface area contributed by atoms with Gasteiger partial charge in [0.15, 0.2) is 14.6 Å². The second-order valence-electron chi connectivity index (χ2n) is 4.12. The molecule has 0 saturated heterocycles. The molecule has 2 rings (SSSR count). The molecule has 1 N–H and O–H groups in total. The molecule has 0 aromatic heterocycles. The summed E-state index contributed by atoms with van der Waals surface area (Å²) in [5.74, 6) is -1.57. The van der Waals surface area contributed by atoms with Crippen molar-refractivity contribution in [2.75, 3.05) is 0 Å².